The van der Waals surface area contributed by atoms with Gasteiger partial charge in [-0.1, -0.05) is 0 Å². The molecule has 138 valence electrons. The van der Waals surface area contributed by atoms with E-state index >= 15 is 0 Å². The highest BCUT2D eigenvalue weighted by atomic mass is 79.9. The molecule has 1 aromatic carbocycles. The SMILES string of the molecule is CC1(c2cc(NC(=O)c3ccc(Br)cn3)ccc2F)COCC(N)=N1.Cl. The molecule has 26 heavy (non-hydrogen) atoms. The van der Waals surface area contributed by atoms with E-state index in [2.05, 4.69) is 31.2 Å². The van der Waals surface area contributed by atoms with Crippen LogP contribution in [0.3, 0.4) is 0 Å². The molecule has 9 heteroatoms. The highest BCUT2D eigenvalue weighted by Gasteiger charge is 2.33. The van der Waals surface area contributed by atoms with Gasteiger partial charge in [0, 0.05) is 21.9 Å². The predicted molar refractivity (Wildman–Crippen MR) is 103 cm³/mol. The van der Waals surface area contributed by atoms with Gasteiger partial charge < -0.3 is 15.8 Å². The summed E-state index contributed by atoms with van der Waals surface area (Å²) in [5, 5.41) is 2.71. The molecule has 2 aromatic rings. The first-order chi connectivity index (χ1) is 11.9. The standard InChI is InChI=1S/C17H16BrFN4O2.ClH/c1-17(9-25-8-15(20)23-17)12-6-11(3-4-13(12)19)22-16(24)14-5-2-10(18)7-21-14;/h2-7H,8-9H2,1H3,(H2,20,23)(H,22,24);1H. The van der Waals surface area contributed by atoms with Crippen molar-refractivity contribution in [2.45, 2.75) is 12.5 Å². The number of rotatable bonds is 3. The molecule has 0 spiro atoms. The van der Waals surface area contributed by atoms with Crippen molar-refractivity contribution in [3.05, 3.63) is 58.1 Å². The lowest BCUT2D eigenvalue weighted by atomic mass is 9.92. The third-order valence-electron chi connectivity index (χ3n) is 3.79. The average Bonchev–Trinajstić information content (AvgIpc) is 2.57. The topological polar surface area (TPSA) is 89.6 Å². The molecule has 1 unspecified atom stereocenters. The number of halogens is 3. The van der Waals surface area contributed by atoms with Crippen molar-refractivity contribution in [3.63, 3.8) is 0 Å². The monoisotopic (exact) mass is 442 g/mol. The minimum absolute atomic E-state index is 0. The minimum Gasteiger partial charge on any atom is -0.386 e. The number of nitrogens with one attached hydrogen (secondary N) is 1. The highest BCUT2D eigenvalue weighted by Crippen LogP contribution is 2.32. The van der Waals surface area contributed by atoms with Gasteiger partial charge >= 0.3 is 0 Å². The zero-order valence-electron chi connectivity index (χ0n) is 13.8. The fourth-order valence-electron chi connectivity index (χ4n) is 2.59. The Bertz CT molecular complexity index is 847. The summed E-state index contributed by atoms with van der Waals surface area (Å²) >= 11 is 3.26. The van der Waals surface area contributed by atoms with Crippen LogP contribution in [0.1, 0.15) is 23.0 Å². The van der Waals surface area contributed by atoms with Gasteiger partial charge in [0.25, 0.3) is 5.91 Å². The van der Waals surface area contributed by atoms with Crippen molar-refractivity contribution < 1.29 is 13.9 Å². The number of nitrogens with two attached hydrogens (primary N) is 1. The summed E-state index contributed by atoms with van der Waals surface area (Å²) in [4.78, 5) is 20.6. The summed E-state index contributed by atoms with van der Waals surface area (Å²) in [6.07, 6.45) is 1.53. The number of pyridine rings is 1. The first-order valence-corrected chi connectivity index (χ1v) is 8.31. The Morgan fingerprint density at radius 3 is 2.81 bits per heavy atom. The van der Waals surface area contributed by atoms with Crippen LogP contribution in [0.5, 0.6) is 0 Å². The molecule has 0 radical (unpaired) electrons. The summed E-state index contributed by atoms with van der Waals surface area (Å²) < 4.78 is 20.5. The number of carbonyl (C=O) groups is 1. The number of ether oxygens (including phenoxy) is 1. The van der Waals surface area contributed by atoms with E-state index in [1.807, 2.05) is 0 Å². The van der Waals surface area contributed by atoms with Crippen LogP contribution in [0.2, 0.25) is 0 Å². The van der Waals surface area contributed by atoms with Crippen molar-refractivity contribution in [2.24, 2.45) is 10.7 Å². The Morgan fingerprint density at radius 2 is 2.15 bits per heavy atom. The third kappa shape index (κ3) is 4.38. The molecule has 6 nitrogen and oxygen atoms in total. The summed E-state index contributed by atoms with van der Waals surface area (Å²) in [5.41, 5.74) is 5.78. The first kappa shape index (κ1) is 20.3. The van der Waals surface area contributed by atoms with E-state index in [4.69, 9.17) is 10.5 Å². The number of benzene rings is 1. The summed E-state index contributed by atoms with van der Waals surface area (Å²) in [7, 11) is 0. The maximum absolute atomic E-state index is 14.3. The highest BCUT2D eigenvalue weighted by molar-refractivity contribution is 9.10. The summed E-state index contributed by atoms with van der Waals surface area (Å²) in [6.45, 7) is 2.17. The molecule has 1 aliphatic heterocycles. The van der Waals surface area contributed by atoms with Crippen LogP contribution >= 0.6 is 28.3 Å². The number of aromatic nitrogens is 1. The number of aliphatic imine (C=N–C) groups is 1. The number of carbonyl (C=O) groups excluding carboxylic acids is 1. The van der Waals surface area contributed by atoms with Gasteiger partial charge in [0.15, 0.2) is 0 Å². The van der Waals surface area contributed by atoms with Crippen LogP contribution < -0.4 is 11.1 Å². The molecular formula is C17H17BrClFN4O2. The van der Waals surface area contributed by atoms with E-state index in [1.54, 1.807) is 19.1 Å². The van der Waals surface area contributed by atoms with Crippen molar-refractivity contribution >= 4 is 45.8 Å². The first-order valence-electron chi connectivity index (χ1n) is 7.52. The largest absolute Gasteiger partial charge is 0.386 e. The maximum Gasteiger partial charge on any atom is 0.274 e. The Kier molecular flexibility index (Phi) is 6.33. The second-order valence-corrected chi connectivity index (χ2v) is 6.80. The second kappa shape index (κ2) is 8.11. The molecule has 1 amide bonds. The Morgan fingerprint density at radius 1 is 1.38 bits per heavy atom. The van der Waals surface area contributed by atoms with E-state index in [9.17, 15) is 9.18 Å². The Labute approximate surface area is 164 Å². The molecule has 0 saturated heterocycles. The predicted octanol–water partition coefficient (Wildman–Crippen LogP) is 3.26. The molecule has 2 heterocycles. The van der Waals surface area contributed by atoms with Crippen molar-refractivity contribution in [2.75, 3.05) is 18.5 Å². The van der Waals surface area contributed by atoms with Gasteiger partial charge in [-0.2, -0.15) is 0 Å². The fraction of sp³-hybridized carbons (Fsp3) is 0.235. The van der Waals surface area contributed by atoms with Gasteiger partial charge in [-0.25, -0.2) is 9.37 Å². The van der Waals surface area contributed by atoms with Crippen LogP contribution in [-0.2, 0) is 10.3 Å². The maximum atomic E-state index is 14.3. The molecule has 3 rings (SSSR count). The number of nitrogens with zero attached hydrogens (tertiary/aromatic N) is 2. The number of anilines is 1. The van der Waals surface area contributed by atoms with E-state index in [-0.39, 0.29) is 31.3 Å². The van der Waals surface area contributed by atoms with Gasteiger partial charge in [-0.05, 0) is 53.2 Å². The lowest BCUT2D eigenvalue weighted by molar-refractivity contribution is 0.102. The van der Waals surface area contributed by atoms with Crippen LogP contribution in [0.15, 0.2) is 46.0 Å². The van der Waals surface area contributed by atoms with Gasteiger partial charge in [0.1, 0.15) is 29.5 Å². The third-order valence-corrected chi connectivity index (χ3v) is 4.26. The van der Waals surface area contributed by atoms with E-state index in [0.717, 1.165) is 4.47 Å². The minimum atomic E-state index is -0.941. The lowest BCUT2D eigenvalue weighted by Crippen LogP contribution is -2.38. The lowest BCUT2D eigenvalue weighted by Gasteiger charge is -2.30. The Hall–Kier alpha value is -2.03. The van der Waals surface area contributed by atoms with Crippen molar-refractivity contribution in [1.82, 2.24) is 4.98 Å². The van der Waals surface area contributed by atoms with Crippen LogP contribution in [0.4, 0.5) is 10.1 Å². The zero-order chi connectivity index (χ0) is 18.0. The molecule has 3 N–H and O–H groups in total. The van der Waals surface area contributed by atoms with Crippen LogP contribution in [0, 0.1) is 5.82 Å². The number of amides is 1. The average molecular weight is 444 g/mol. The quantitative estimate of drug-likeness (QED) is 0.762. The van der Waals surface area contributed by atoms with Crippen LogP contribution in [-0.4, -0.2) is 29.9 Å². The molecule has 0 bridgehead atoms. The van der Waals surface area contributed by atoms with Crippen molar-refractivity contribution in [1.29, 1.82) is 0 Å². The van der Waals surface area contributed by atoms with Gasteiger partial charge in [0.05, 0.1) is 6.61 Å². The fourth-order valence-corrected chi connectivity index (χ4v) is 2.83. The molecule has 0 saturated carbocycles. The zero-order valence-corrected chi connectivity index (χ0v) is 16.2. The molecule has 1 atom stereocenters. The number of hydrogen-bond acceptors (Lipinski definition) is 5. The van der Waals surface area contributed by atoms with Gasteiger partial charge in [0.2, 0.25) is 0 Å². The smallest absolute Gasteiger partial charge is 0.274 e. The summed E-state index contributed by atoms with van der Waals surface area (Å²) in [6, 6.07) is 7.61. The van der Waals surface area contributed by atoms with E-state index in [0.29, 0.717) is 17.1 Å². The van der Waals surface area contributed by atoms with Crippen molar-refractivity contribution in [3.8, 4) is 0 Å². The normalized spacial score (nSPS) is 19.3. The molecular weight excluding hydrogens is 427 g/mol. The summed E-state index contributed by atoms with van der Waals surface area (Å²) in [5.74, 6) is -0.524. The molecule has 1 aromatic heterocycles. The number of amidine groups is 1. The van der Waals surface area contributed by atoms with Gasteiger partial charge in [-0.3, -0.25) is 9.79 Å². The number of hydrogen-bond donors (Lipinski definition) is 2. The molecule has 0 fully saturated rings. The van der Waals surface area contributed by atoms with E-state index < -0.39 is 17.3 Å². The second-order valence-electron chi connectivity index (χ2n) is 5.88. The molecule has 0 aliphatic carbocycles. The van der Waals surface area contributed by atoms with Gasteiger partial charge in [-0.15, -0.1) is 12.4 Å². The van der Waals surface area contributed by atoms with Crippen LogP contribution in [0.25, 0.3) is 0 Å². The Balaban J connectivity index is 0.00000243. The molecule has 1 aliphatic rings. The van der Waals surface area contributed by atoms with E-state index in [1.165, 1.54) is 24.4 Å².